The fourth-order valence-electron chi connectivity index (χ4n) is 3.60. The third-order valence-corrected chi connectivity index (χ3v) is 6.37. The predicted octanol–water partition coefficient (Wildman–Crippen LogP) is 6.70. The number of rotatable bonds is 7. The van der Waals surface area contributed by atoms with Gasteiger partial charge in [-0.05, 0) is 54.6 Å². The maximum absolute atomic E-state index is 12.4. The number of non-ortho nitro benzene ring substituents is 1. The SMILES string of the molecule is CCOC(=O)/C(=N/Nc1ccc([N+](=O)[O-])cc1)SC(=N)N=Nc1c(O)n(Cc2ccccc2)c2ccc(Cl)cc12. The molecule has 204 valence electrons. The lowest BCUT2D eigenvalue weighted by Gasteiger charge is -2.07. The molecule has 0 spiro atoms. The van der Waals surface area contributed by atoms with Crippen LogP contribution < -0.4 is 5.43 Å². The van der Waals surface area contributed by atoms with E-state index in [1.807, 2.05) is 30.3 Å². The van der Waals surface area contributed by atoms with Crippen molar-refractivity contribution in [3.63, 3.8) is 0 Å². The summed E-state index contributed by atoms with van der Waals surface area (Å²) in [6.07, 6.45) is 0. The van der Waals surface area contributed by atoms with Crippen LogP contribution in [0.5, 0.6) is 5.88 Å². The third-order valence-electron chi connectivity index (χ3n) is 5.40. The number of halogens is 1. The molecular weight excluding hydrogens is 558 g/mol. The van der Waals surface area contributed by atoms with E-state index in [1.165, 1.54) is 24.3 Å². The molecule has 4 rings (SSSR count). The molecule has 0 unspecified atom stereocenters. The number of ether oxygens (including phenoxy) is 1. The van der Waals surface area contributed by atoms with Crippen molar-refractivity contribution >= 4 is 67.5 Å². The predicted molar refractivity (Wildman–Crippen MR) is 155 cm³/mol. The number of azo groups is 1. The number of carbonyl (C=O) groups excluding carboxylic acids is 1. The number of fused-ring (bicyclic) bond motifs is 1. The van der Waals surface area contributed by atoms with Gasteiger partial charge in [-0.15, -0.1) is 10.2 Å². The van der Waals surface area contributed by atoms with Crippen molar-refractivity contribution in [1.29, 1.82) is 5.41 Å². The number of hydrogen-bond acceptors (Lipinski definition) is 10. The number of aromatic hydroxyl groups is 1. The Morgan fingerprint density at radius 1 is 1.18 bits per heavy atom. The van der Waals surface area contributed by atoms with Gasteiger partial charge in [0.05, 0.1) is 29.3 Å². The van der Waals surface area contributed by atoms with Gasteiger partial charge in [-0.1, -0.05) is 41.9 Å². The molecule has 0 aliphatic heterocycles. The number of aromatic nitrogens is 1. The van der Waals surface area contributed by atoms with Crippen molar-refractivity contribution in [3.05, 3.63) is 93.5 Å². The van der Waals surface area contributed by atoms with Crippen molar-refractivity contribution in [2.45, 2.75) is 13.5 Å². The van der Waals surface area contributed by atoms with E-state index in [9.17, 15) is 20.0 Å². The van der Waals surface area contributed by atoms with E-state index in [-0.39, 0.29) is 28.9 Å². The number of benzene rings is 3. The second kappa shape index (κ2) is 12.9. The van der Waals surface area contributed by atoms with Crippen molar-refractivity contribution in [1.82, 2.24) is 4.57 Å². The van der Waals surface area contributed by atoms with Crippen LogP contribution in [-0.4, -0.2) is 37.4 Å². The molecule has 0 aliphatic rings. The number of nitrogens with one attached hydrogen (secondary N) is 2. The lowest BCUT2D eigenvalue weighted by atomic mass is 10.2. The highest BCUT2D eigenvalue weighted by Crippen LogP contribution is 2.40. The Morgan fingerprint density at radius 2 is 1.90 bits per heavy atom. The summed E-state index contributed by atoms with van der Waals surface area (Å²) >= 11 is 6.78. The average molecular weight is 580 g/mol. The number of nitro groups is 1. The molecule has 0 saturated heterocycles. The molecule has 0 radical (unpaired) electrons. The van der Waals surface area contributed by atoms with Crippen LogP contribution in [0, 0.1) is 15.5 Å². The van der Waals surface area contributed by atoms with E-state index >= 15 is 0 Å². The molecule has 1 heterocycles. The summed E-state index contributed by atoms with van der Waals surface area (Å²) in [6.45, 7) is 2.05. The molecule has 3 aromatic carbocycles. The van der Waals surface area contributed by atoms with E-state index in [1.54, 1.807) is 29.7 Å². The molecule has 0 fully saturated rings. The first-order valence-electron chi connectivity index (χ1n) is 11.7. The molecular formula is C26H22ClN7O5S. The summed E-state index contributed by atoms with van der Waals surface area (Å²) in [5, 5.41) is 42.4. The maximum atomic E-state index is 12.4. The van der Waals surface area contributed by atoms with E-state index in [4.69, 9.17) is 21.7 Å². The largest absolute Gasteiger partial charge is 0.493 e. The van der Waals surface area contributed by atoms with Crippen LogP contribution >= 0.6 is 23.4 Å². The smallest absolute Gasteiger partial charge is 0.365 e. The van der Waals surface area contributed by atoms with E-state index < -0.39 is 16.1 Å². The van der Waals surface area contributed by atoms with Crippen molar-refractivity contribution in [2.24, 2.45) is 15.3 Å². The Morgan fingerprint density at radius 3 is 2.58 bits per heavy atom. The molecule has 0 atom stereocenters. The number of hydrazone groups is 1. The summed E-state index contributed by atoms with van der Waals surface area (Å²) in [4.78, 5) is 22.7. The van der Waals surface area contributed by atoms with Gasteiger partial charge in [-0.25, -0.2) is 4.79 Å². The van der Waals surface area contributed by atoms with Crippen molar-refractivity contribution in [2.75, 3.05) is 12.0 Å². The van der Waals surface area contributed by atoms with Crippen molar-refractivity contribution < 1.29 is 19.6 Å². The van der Waals surface area contributed by atoms with Gasteiger partial charge < -0.3 is 14.4 Å². The van der Waals surface area contributed by atoms with Crippen LogP contribution in [0.4, 0.5) is 17.1 Å². The summed E-state index contributed by atoms with van der Waals surface area (Å²) in [6, 6.07) is 20.0. The average Bonchev–Trinajstić information content (AvgIpc) is 3.20. The third kappa shape index (κ3) is 6.81. The fourth-order valence-corrected chi connectivity index (χ4v) is 4.27. The Kier molecular flexibility index (Phi) is 9.09. The molecule has 0 amide bonds. The van der Waals surface area contributed by atoms with Crippen LogP contribution in [0.15, 0.2) is 88.1 Å². The van der Waals surface area contributed by atoms with E-state index in [0.717, 1.165) is 5.56 Å². The Labute approximate surface area is 237 Å². The number of esters is 1. The number of nitro benzene ring substituents is 1. The fraction of sp³-hybridized carbons (Fsp3) is 0.115. The Bertz CT molecular complexity index is 1620. The normalized spacial score (nSPS) is 11.6. The van der Waals surface area contributed by atoms with Crippen LogP contribution in [0.2, 0.25) is 5.02 Å². The summed E-state index contributed by atoms with van der Waals surface area (Å²) in [7, 11) is 0. The lowest BCUT2D eigenvalue weighted by molar-refractivity contribution is -0.384. The van der Waals surface area contributed by atoms with E-state index in [2.05, 4.69) is 20.8 Å². The summed E-state index contributed by atoms with van der Waals surface area (Å²) in [5.41, 5.74) is 4.60. The van der Waals surface area contributed by atoms with Gasteiger partial charge in [0.25, 0.3) is 5.69 Å². The molecule has 0 bridgehead atoms. The number of carbonyl (C=O) groups is 1. The first-order chi connectivity index (χ1) is 19.3. The number of anilines is 1. The minimum Gasteiger partial charge on any atom is -0.493 e. The van der Waals surface area contributed by atoms with Crippen LogP contribution in [-0.2, 0) is 16.1 Å². The van der Waals surface area contributed by atoms with Gasteiger partial charge in [0.15, 0.2) is 5.69 Å². The highest BCUT2D eigenvalue weighted by atomic mass is 35.5. The summed E-state index contributed by atoms with van der Waals surface area (Å²) in [5.74, 6) is -0.974. The second-order valence-electron chi connectivity index (χ2n) is 8.07. The van der Waals surface area contributed by atoms with Gasteiger partial charge >= 0.3 is 5.97 Å². The van der Waals surface area contributed by atoms with Crippen molar-refractivity contribution in [3.8, 4) is 5.88 Å². The first kappa shape index (κ1) is 28.3. The topological polar surface area (TPSA) is 168 Å². The van der Waals surface area contributed by atoms with Gasteiger partial charge in [0.1, 0.15) is 0 Å². The zero-order valence-electron chi connectivity index (χ0n) is 20.9. The quantitative estimate of drug-likeness (QED) is 0.0546. The highest BCUT2D eigenvalue weighted by molar-refractivity contribution is 8.27. The van der Waals surface area contributed by atoms with Gasteiger partial charge in [0.2, 0.25) is 16.1 Å². The molecule has 0 aliphatic carbocycles. The maximum Gasteiger partial charge on any atom is 0.365 e. The number of amidine groups is 1. The molecule has 4 aromatic rings. The molecule has 14 heteroatoms. The highest BCUT2D eigenvalue weighted by Gasteiger charge is 2.20. The minimum atomic E-state index is -0.809. The zero-order chi connectivity index (χ0) is 28.6. The molecule has 12 nitrogen and oxygen atoms in total. The number of hydrogen-bond donors (Lipinski definition) is 3. The number of thioether (sulfide) groups is 1. The van der Waals surface area contributed by atoms with Crippen LogP contribution in [0.3, 0.4) is 0 Å². The molecule has 1 aromatic heterocycles. The monoisotopic (exact) mass is 579 g/mol. The molecule has 40 heavy (non-hydrogen) atoms. The minimum absolute atomic E-state index is 0.0698. The van der Waals surface area contributed by atoms with Crippen LogP contribution in [0.1, 0.15) is 12.5 Å². The number of nitrogens with zero attached hydrogens (tertiary/aromatic N) is 5. The standard InChI is InChI=1S/C26H22ClN7O5S/c1-2-39-25(36)23(31-29-18-9-11-19(12-10-18)34(37)38)40-26(28)32-30-22-20-14-17(27)8-13-21(20)33(24(22)35)15-16-6-4-3-5-7-16/h3-14,28-29,35H,2,15H2,1H3/b28-26?,31-23-,32-30?. The Balaban J connectivity index is 1.58. The van der Waals surface area contributed by atoms with E-state index in [0.29, 0.717) is 39.9 Å². The zero-order valence-corrected chi connectivity index (χ0v) is 22.5. The Hall–Kier alpha value is -4.75. The van der Waals surface area contributed by atoms with Crippen LogP contribution in [0.25, 0.3) is 10.9 Å². The summed E-state index contributed by atoms with van der Waals surface area (Å²) < 4.78 is 6.67. The second-order valence-corrected chi connectivity index (χ2v) is 9.48. The molecule has 0 saturated carbocycles. The first-order valence-corrected chi connectivity index (χ1v) is 12.9. The van der Waals surface area contributed by atoms with Gasteiger partial charge in [0, 0.05) is 22.5 Å². The van der Waals surface area contributed by atoms with Gasteiger partial charge in [-0.3, -0.25) is 20.9 Å². The molecule has 3 N–H and O–H groups in total. The van der Waals surface area contributed by atoms with Gasteiger partial charge in [-0.2, -0.15) is 5.10 Å². The lowest BCUT2D eigenvalue weighted by Crippen LogP contribution is -2.17.